The van der Waals surface area contributed by atoms with Crippen LogP contribution in [-0.2, 0) is 17.8 Å². The first-order valence-corrected chi connectivity index (χ1v) is 9.49. The lowest BCUT2D eigenvalue weighted by atomic mass is 10.1. The third kappa shape index (κ3) is 6.52. The van der Waals surface area contributed by atoms with Gasteiger partial charge in [0.25, 0.3) is 0 Å². The molecule has 0 heterocycles. The van der Waals surface area contributed by atoms with Crippen LogP contribution in [0.15, 0.2) is 48.5 Å². The zero-order valence-electron chi connectivity index (χ0n) is 15.9. The Hall–Kier alpha value is -2.33. The Morgan fingerprint density at radius 2 is 1.69 bits per heavy atom. The SMILES string of the molecule is CCCN(CCC)CCc1ccc(OCc2ccccc2)c(NC=O)c1. The molecule has 0 aliphatic heterocycles. The third-order valence-corrected chi connectivity index (χ3v) is 4.29. The van der Waals surface area contributed by atoms with E-state index in [1.54, 1.807) is 0 Å². The van der Waals surface area contributed by atoms with E-state index in [2.05, 4.69) is 30.1 Å². The van der Waals surface area contributed by atoms with Crippen LogP contribution in [0.4, 0.5) is 5.69 Å². The Bertz CT molecular complexity index is 652. The average molecular weight is 354 g/mol. The van der Waals surface area contributed by atoms with Gasteiger partial charge in [-0.1, -0.05) is 50.2 Å². The van der Waals surface area contributed by atoms with Crippen LogP contribution in [0, 0.1) is 0 Å². The summed E-state index contributed by atoms with van der Waals surface area (Å²) >= 11 is 0. The van der Waals surface area contributed by atoms with Gasteiger partial charge in [-0.2, -0.15) is 0 Å². The molecule has 0 saturated heterocycles. The Kier molecular flexibility index (Phi) is 8.70. The molecular weight excluding hydrogens is 324 g/mol. The van der Waals surface area contributed by atoms with E-state index in [0.717, 1.165) is 37.3 Å². The molecule has 0 radical (unpaired) electrons. The minimum atomic E-state index is 0.481. The topological polar surface area (TPSA) is 41.6 Å². The van der Waals surface area contributed by atoms with Gasteiger partial charge in [0, 0.05) is 6.54 Å². The van der Waals surface area contributed by atoms with Gasteiger partial charge < -0.3 is 15.0 Å². The number of benzene rings is 2. The summed E-state index contributed by atoms with van der Waals surface area (Å²) in [5.41, 5.74) is 3.04. The number of hydrogen-bond acceptors (Lipinski definition) is 3. The van der Waals surface area contributed by atoms with Gasteiger partial charge in [0.15, 0.2) is 0 Å². The van der Waals surface area contributed by atoms with Gasteiger partial charge in [-0.05, 0) is 55.6 Å². The Morgan fingerprint density at radius 3 is 2.35 bits per heavy atom. The quantitative estimate of drug-likeness (QED) is 0.571. The standard InChI is InChI=1S/C22H30N2O2/c1-3-13-24(14-4-2)15-12-19-10-11-22(21(16-19)23-18-25)26-17-20-8-6-5-7-9-20/h5-11,16,18H,3-4,12-15,17H2,1-2H3,(H,23,25). The maximum Gasteiger partial charge on any atom is 0.211 e. The molecule has 0 atom stereocenters. The fourth-order valence-electron chi connectivity index (χ4n) is 3.03. The van der Waals surface area contributed by atoms with Gasteiger partial charge in [0.05, 0.1) is 5.69 Å². The number of carbonyl (C=O) groups excluding carboxylic acids is 1. The van der Waals surface area contributed by atoms with Crippen molar-refractivity contribution < 1.29 is 9.53 Å². The lowest BCUT2D eigenvalue weighted by Gasteiger charge is -2.21. The van der Waals surface area contributed by atoms with Crippen LogP contribution in [0.2, 0.25) is 0 Å². The molecular formula is C22H30N2O2. The smallest absolute Gasteiger partial charge is 0.211 e. The highest BCUT2D eigenvalue weighted by molar-refractivity contribution is 5.75. The molecule has 0 saturated carbocycles. The molecule has 0 aromatic heterocycles. The van der Waals surface area contributed by atoms with E-state index in [1.807, 2.05) is 42.5 Å². The van der Waals surface area contributed by atoms with Crippen molar-refractivity contribution in [2.75, 3.05) is 25.0 Å². The van der Waals surface area contributed by atoms with Crippen molar-refractivity contribution >= 4 is 12.1 Å². The van der Waals surface area contributed by atoms with Gasteiger partial charge >= 0.3 is 0 Å². The van der Waals surface area contributed by atoms with E-state index >= 15 is 0 Å². The molecule has 140 valence electrons. The molecule has 0 aliphatic rings. The zero-order chi connectivity index (χ0) is 18.6. The summed E-state index contributed by atoms with van der Waals surface area (Å²) in [6.07, 6.45) is 4.01. The van der Waals surface area contributed by atoms with E-state index in [4.69, 9.17) is 4.74 Å². The van der Waals surface area contributed by atoms with Crippen molar-refractivity contribution in [3.63, 3.8) is 0 Å². The summed E-state index contributed by atoms with van der Waals surface area (Å²) in [6.45, 7) is 8.21. The number of carbonyl (C=O) groups is 1. The molecule has 0 bridgehead atoms. The Morgan fingerprint density at radius 1 is 0.962 bits per heavy atom. The maximum atomic E-state index is 11.0. The number of nitrogens with zero attached hydrogens (tertiary/aromatic N) is 1. The van der Waals surface area contributed by atoms with Crippen molar-refractivity contribution in [1.29, 1.82) is 0 Å². The fourth-order valence-corrected chi connectivity index (χ4v) is 3.03. The van der Waals surface area contributed by atoms with E-state index in [-0.39, 0.29) is 0 Å². The molecule has 0 unspecified atom stereocenters. The minimum Gasteiger partial charge on any atom is -0.487 e. The summed E-state index contributed by atoms with van der Waals surface area (Å²) in [7, 11) is 0. The van der Waals surface area contributed by atoms with Gasteiger partial charge in [0.1, 0.15) is 12.4 Å². The van der Waals surface area contributed by atoms with Crippen molar-refractivity contribution in [1.82, 2.24) is 4.90 Å². The lowest BCUT2D eigenvalue weighted by molar-refractivity contribution is -0.105. The molecule has 0 fully saturated rings. The van der Waals surface area contributed by atoms with Crippen LogP contribution >= 0.6 is 0 Å². The first-order valence-electron chi connectivity index (χ1n) is 9.49. The largest absolute Gasteiger partial charge is 0.487 e. The Labute approximate surface area is 157 Å². The molecule has 1 N–H and O–H groups in total. The summed E-state index contributed by atoms with van der Waals surface area (Å²) in [5.74, 6) is 0.698. The number of nitrogens with one attached hydrogen (secondary N) is 1. The first-order chi connectivity index (χ1) is 12.8. The third-order valence-electron chi connectivity index (χ3n) is 4.29. The molecule has 2 rings (SSSR count). The lowest BCUT2D eigenvalue weighted by Crippen LogP contribution is -2.27. The molecule has 2 aromatic carbocycles. The highest BCUT2D eigenvalue weighted by Crippen LogP contribution is 2.26. The van der Waals surface area contributed by atoms with Crippen LogP contribution in [0.3, 0.4) is 0 Å². The van der Waals surface area contributed by atoms with E-state index in [0.29, 0.717) is 18.8 Å². The van der Waals surface area contributed by atoms with E-state index in [1.165, 1.54) is 18.4 Å². The Balaban J connectivity index is 2.01. The molecule has 1 amide bonds. The van der Waals surface area contributed by atoms with Crippen LogP contribution in [0.5, 0.6) is 5.75 Å². The number of amides is 1. The second-order valence-electron chi connectivity index (χ2n) is 6.46. The normalized spacial score (nSPS) is 10.7. The van der Waals surface area contributed by atoms with Crippen molar-refractivity contribution in [3.8, 4) is 5.75 Å². The number of ether oxygens (including phenoxy) is 1. The van der Waals surface area contributed by atoms with Gasteiger partial charge in [0.2, 0.25) is 6.41 Å². The van der Waals surface area contributed by atoms with Crippen LogP contribution in [-0.4, -0.2) is 30.9 Å². The predicted octanol–water partition coefficient (Wildman–Crippen LogP) is 4.50. The number of hydrogen-bond donors (Lipinski definition) is 1. The van der Waals surface area contributed by atoms with E-state index < -0.39 is 0 Å². The van der Waals surface area contributed by atoms with Gasteiger partial charge in [-0.3, -0.25) is 4.79 Å². The molecule has 0 spiro atoms. The molecule has 2 aromatic rings. The summed E-state index contributed by atoms with van der Waals surface area (Å²) < 4.78 is 5.90. The van der Waals surface area contributed by atoms with Gasteiger partial charge in [-0.25, -0.2) is 0 Å². The zero-order valence-corrected chi connectivity index (χ0v) is 15.9. The summed E-state index contributed by atoms with van der Waals surface area (Å²) in [6, 6.07) is 16.1. The molecule has 4 nitrogen and oxygen atoms in total. The number of rotatable bonds is 12. The van der Waals surface area contributed by atoms with Crippen molar-refractivity contribution in [2.24, 2.45) is 0 Å². The van der Waals surface area contributed by atoms with E-state index in [9.17, 15) is 4.79 Å². The second-order valence-corrected chi connectivity index (χ2v) is 6.46. The minimum absolute atomic E-state index is 0.481. The molecule has 0 aliphatic carbocycles. The maximum absolute atomic E-state index is 11.0. The molecule has 4 heteroatoms. The highest BCUT2D eigenvalue weighted by Gasteiger charge is 2.08. The van der Waals surface area contributed by atoms with Crippen molar-refractivity contribution in [3.05, 3.63) is 59.7 Å². The first kappa shape index (κ1) is 20.0. The molecule has 26 heavy (non-hydrogen) atoms. The average Bonchev–Trinajstić information content (AvgIpc) is 2.67. The van der Waals surface area contributed by atoms with Crippen molar-refractivity contribution in [2.45, 2.75) is 39.7 Å². The van der Waals surface area contributed by atoms with Crippen LogP contribution in [0.25, 0.3) is 0 Å². The summed E-state index contributed by atoms with van der Waals surface area (Å²) in [4.78, 5) is 13.5. The fraction of sp³-hybridized carbons (Fsp3) is 0.409. The number of anilines is 1. The summed E-state index contributed by atoms with van der Waals surface area (Å²) in [5, 5.41) is 2.77. The second kappa shape index (κ2) is 11.3. The highest BCUT2D eigenvalue weighted by atomic mass is 16.5. The van der Waals surface area contributed by atoms with Crippen LogP contribution < -0.4 is 10.1 Å². The predicted molar refractivity (Wildman–Crippen MR) is 108 cm³/mol. The van der Waals surface area contributed by atoms with Gasteiger partial charge in [-0.15, -0.1) is 0 Å². The monoisotopic (exact) mass is 354 g/mol. The van der Waals surface area contributed by atoms with Crippen LogP contribution in [0.1, 0.15) is 37.8 Å².